The fourth-order valence-corrected chi connectivity index (χ4v) is 2.36. The minimum atomic E-state index is -4.42. The molecule has 104 valence electrons. The number of nitrogens with two attached hydrogens (primary N) is 1. The molecule has 1 aliphatic heterocycles. The van der Waals surface area contributed by atoms with E-state index in [1.165, 1.54) is 0 Å². The first-order valence-electron chi connectivity index (χ1n) is 6.10. The minimum Gasteiger partial charge on any atom is -0.384 e. The van der Waals surface area contributed by atoms with Gasteiger partial charge in [0.15, 0.2) is 0 Å². The van der Waals surface area contributed by atoms with Crippen LogP contribution < -0.4 is 10.6 Å². The van der Waals surface area contributed by atoms with Gasteiger partial charge in [0.05, 0.1) is 5.56 Å². The maximum absolute atomic E-state index is 12.8. The summed E-state index contributed by atoms with van der Waals surface area (Å²) in [5.41, 5.74) is 6.93. The SMILES string of the molecule is Nc1cc(C(F)(F)F)cc(N2Cc3ccccc3C2)n1. The van der Waals surface area contributed by atoms with Crippen LogP contribution in [0.25, 0.3) is 0 Å². The Hall–Kier alpha value is -2.24. The third kappa shape index (κ3) is 2.29. The van der Waals surface area contributed by atoms with E-state index in [-0.39, 0.29) is 11.6 Å². The Morgan fingerprint density at radius 1 is 1.05 bits per heavy atom. The molecule has 0 unspecified atom stereocenters. The zero-order valence-electron chi connectivity index (χ0n) is 10.5. The van der Waals surface area contributed by atoms with E-state index in [4.69, 9.17) is 5.73 Å². The summed E-state index contributed by atoms with van der Waals surface area (Å²) in [6.45, 7) is 1.09. The lowest BCUT2D eigenvalue weighted by molar-refractivity contribution is -0.137. The molecule has 2 N–H and O–H groups in total. The number of aromatic nitrogens is 1. The van der Waals surface area contributed by atoms with Gasteiger partial charge in [-0.1, -0.05) is 24.3 Å². The van der Waals surface area contributed by atoms with Crippen LogP contribution in [-0.2, 0) is 19.3 Å². The number of rotatable bonds is 1. The number of anilines is 2. The average molecular weight is 279 g/mol. The quantitative estimate of drug-likeness (QED) is 0.871. The first-order chi connectivity index (χ1) is 9.43. The number of hydrogen-bond acceptors (Lipinski definition) is 3. The summed E-state index contributed by atoms with van der Waals surface area (Å²) in [7, 11) is 0. The van der Waals surface area contributed by atoms with Crippen LogP contribution in [0.5, 0.6) is 0 Å². The molecule has 2 aromatic rings. The Morgan fingerprint density at radius 2 is 1.65 bits per heavy atom. The first-order valence-corrected chi connectivity index (χ1v) is 6.10. The molecule has 2 heterocycles. The molecule has 0 fully saturated rings. The number of alkyl halides is 3. The molecule has 0 saturated heterocycles. The molecule has 20 heavy (non-hydrogen) atoms. The van der Waals surface area contributed by atoms with Crippen molar-refractivity contribution in [3.63, 3.8) is 0 Å². The van der Waals surface area contributed by atoms with Crippen LogP contribution in [0.15, 0.2) is 36.4 Å². The molecule has 0 spiro atoms. The van der Waals surface area contributed by atoms with Crippen LogP contribution in [0, 0.1) is 0 Å². The van der Waals surface area contributed by atoms with Crippen LogP contribution in [0.4, 0.5) is 24.8 Å². The van der Waals surface area contributed by atoms with E-state index in [0.29, 0.717) is 13.1 Å². The maximum atomic E-state index is 12.8. The van der Waals surface area contributed by atoms with Crippen molar-refractivity contribution in [3.05, 3.63) is 53.1 Å². The summed E-state index contributed by atoms with van der Waals surface area (Å²) in [5, 5.41) is 0. The van der Waals surface area contributed by atoms with Crippen molar-refractivity contribution < 1.29 is 13.2 Å². The van der Waals surface area contributed by atoms with Gasteiger partial charge in [-0.2, -0.15) is 13.2 Å². The number of halogens is 3. The zero-order valence-corrected chi connectivity index (χ0v) is 10.5. The Labute approximate surface area is 113 Å². The van der Waals surface area contributed by atoms with Crippen molar-refractivity contribution in [2.45, 2.75) is 19.3 Å². The van der Waals surface area contributed by atoms with E-state index < -0.39 is 11.7 Å². The van der Waals surface area contributed by atoms with Gasteiger partial charge in [-0.15, -0.1) is 0 Å². The molecule has 0 atom stereocenters. The number of pyridine rings is 1. The second kappa shape index (κ2) is 4.40. The number of fused-ring (bicyclic) bond motifs is 1. The lowest BCUT2D eigenvalue weighted by Gasteiger charge is -2.18. The summed E-state index contributed by atoms with van der Waals surface area (Å²) >= 11 is 0. The minimum absolute atomic E-state index is 0.120. The van der Waals surface area contributed by atoms with Crippen molar-refractivity contribution in [1.82, 2.24) is 4.98 Å². The van der Waals surface area contributed by atoms with Crippen LogP contribution in [0.2, 0.25) is 0 Å². The molecule has 0 saturated carbocycles. The Morgan fingerprint density at radius 3 is 2.20 bits per heavy atom. The number of benzene rings is 1. The lowest BCUT2D eigenvalue weighted by Crippen LogP contribution is -2.18. The van der Waals surface area contributed by atoms with Gasteiger partial charge in [-0.25, -0.2) is 4.98 Å². The summed E-state index contributed by atoms with van der Waals surface area (Å²) in [6.07, 6.45) is -4.42. The maximum Gasteiger partial charge on any atom is 0.416 e. The van der Waals surface area contributed by atoms with E-state index >= 15 is 0 Å². The third-order valence-electron chi connectivity index (χ3n) is 3.32. The third-order valence-corrected chi connectivity index (χ3v) is 3.32. The second-order valence-electron chi connectivity index (χ2n) is 4.76. The molecule has 0 bridgehead atoms. The Kier molecular flexibility index (Phi) is 2.81. The standard InChI is InChI=1S/C14H12F3N3/c15-14(16,17)11-5-12(18)19-13(6-11)20-7-9-3-1-2-4-10(9)8-20/h1-6H,7-8H2,(H2,18,19). The average Bonchev–Trinajstić information content (AvgIpc) is 2.80. The van der Waals surface area contributed by atoms with Crippen LogP contribution in [0.3, 0.4) is 0 Å². The van der Waals surface area contributed by atoms with Gasteiger partial charge in [-0.05, 0) is 23.3 Å². The molecule has 6 heteroatoms. The highest BCUT2D eigenvalue weighted by molar-refractivity contribution is 5.52. The summed E-state index contributed by atoms with van der Waals surface area (Å²) in [5.74, 6) is 0.138. The van der Waals surface area contributed by atoms with Gasteiger partial charge in [0.2, 0.25) is 0 Å². The van der Waals surface area contributed by atoms with Gasteiger partial charge >= 0.3 is 6.18 Å². The van der Waals surface area contributed by atoms with Gasteiger partial charge in [0.1, 0.15) is 11.6 Å². The molecule has 0 amide bonds. The smallest absolute Gasteiger partial charge is 0.384 e. The predicted molar refractivity (Wildman–Crippen MR) is 70.0 cm³/mol. The van der Waals surface area contributed by atoms with E-state index in [1.54, 1.807) is 4.90 Å². The topological polar surface area (TPSA) is 42.1 Å². The number of nitrogen functional groups attached to an aromatic ring is 1. The van der Waals surface area contributed by atoms with Crippen molar-refractivity contribution >= 4 is 11.6 Å². The normalized spacial score (nSPS) is 14.4. The van der Waals surface area contributed by atoms with E-state index in [1.807, 2.05) is 24.3 Å². The largest absolute Gasteiger partial charge is 0.416 e. The second-order valence-corrected chi connectivity index (χ2v) is 4.76. The Balaban J connectivity index is 1.95. The summed E-state index contributed by atoms with van der Waals surface area (Å²) in [4.78, 5) is 5.80. The van der Waals surface area contributed by atoms with Gasteiger partial charge < -0.3 is 10.6 Å². The van der Waals surface area contributed by atoms with Crippen LogP contribution in [-0.4, -0.2) is 4.98 Å². The van der Waals surface area contributed by atoms with Crippen molar-refractivity contribution in [2.24, 2.45) is 0 Å². The van der Waals surface area contributed by atoms with Gasteiger partial charge in [0.25, 0.3) is 0 Å². The molecular formula is C14H12F3N3. The monoisotopic (exact) mass is 279 g/mol. The zero-order chi connectivity index (χ0) is 14.3. The lowest BCUT2D eigenvalue weighted by atomic mass is 10.1. The van der Waals surface area contributed by atoms with Crippen molar-refractivity contribution in [1.29, 1.82) is 0 Å². The molecule has 1 aromatic heterocycles. The molecule has 3 rings (SSSR count). The van der Waals surface area contributed by atoms with E-state index in [9.17, 15) is 13.2 Å². The van der Waals surface area contributed by atoms with Crippen molar-refractivity contribution in [2.75, 3.05) is 10.6 Å². The van der Waals surface area contributed by atoms with Crippen LogP contribution >= 0.6 is 0 Å². The fraction of sp³-hybridized carbons (Fsp3) is 0.214. The first kappa shape index (κ1) is 12.8. The van der Waals surface area contributed by atoms with Gasteiger partial charge in [0, 0.05) is 13.1 Å². The van der Waals surface area contributed by atoms with Crippen molar-refractivity contribution in [3.8, 4) is 0 Å². The molecular weight excluding hydrogens is 267 g/mol. The highest BCUT2D eigenvalue weighted by Gasteiger charge is 2.32. The van der Waals surface area contributed by atoms with E-state index in [2.05, 4.69) is 4.98 Å². The Bertz CT molecular complexity index is 627. The fourth-order valence-electron chi connectivity index (χ4n) is 2.36. The molecule has 0 aliphatic carbocycles. The van der Waals surface area contributed by atoms with Crippen LogP contribution in [0.1, 0.15) is 16.7 Å². The summed E-state index contributed by atoms with van der Waals surface area (Å²) in [6, 6.07) is 9.65. The predicted octanol–water partition coefficient (Wildman–Crippen LogP) is 3.20. The summed E-state index contributed by atoms with van der Waals surface area (Å²) < 4.78 is 38.4. The molecule has 0 radical (unpaired) electrons. The number of hydrogen-bond donors (Lipinski definition) is 1. The van der Waals surface area contributed by atoms with E-state index in [0.717, 1.165) is 23.3 Å². The highest BCUT2D eigenvalue weighted by atomic mass is 19.4. The van der Waals surface area contributed by atoms with Gasteiger partial charge in [-0.3, -0.25) is 0 Å². The molecule has 3 nitrogen and oxygen atoms in total. The molecule has 1 aromatic carbocycles. The number of nitrogens with zero attached hydrogens (tertiary/aromatic N) is 2. The molecule has 1 aliphatic rings. The highest BCUT2D eigenvalue weighted by Crippen LogP contribution is 2.34.